The average molecular weight is 288 g/mol. The molecule has 0 aromatic heterocycles. The molecule has 0 aliphatic heterocycles. The summed E-state index contributed by atoms with van der Waals surface area (Å²) >= 11 is 3.39. The molecule has 0 spiro atoms. The maximum atomic E-state index is 9.32. The Morgan fingerprint density at radius 2 is 2.00 bits per heavy atom. The van der Waals surface area contributed by atoms with Crippen molar-refractivity contribution in [3.8, 4) is 0 Å². The molecule has 0 radical (unpaired) electrons. The van der Waals surface area contributed by atoms with E-state index in [1.54, 1.807) is 0 Å². The third kappa shape index (κ3) is 3.47. The Hall–Kier alpha value is -0.580. The molecule has 1 rings (SSSR count). The van der Waals surface area contributed by atoms with Gasteiger partial charge in [0.1, 0.15) is 0 Å². The van der Waals surface area contributed by atoms with E-state index < -0.39 is 0 Å². The summed E-state index contributed by atoms with van der Waals surface area (Å²) in [4.78, 5) is 2.10. The Morgan fingerprint density at radius 3 is 2.56 bits per heavy atom. The number of hydrogen-bond donors (Lipinski definition) is 2. The van der Waals surface area contributed by atoms with Crippen LogP contribution in [0, 0.1) is 0 Å². The van der Waals surface area contributed by atoms with E-state index in [2.05, 4.69) is 27.8 Å². The number of benzene rings is 1. The van der Waals surface area contributed by atoms with E-state index in [0.717, 1.165) is 28.7 Å². The minimum atomic E-state index is 0.0143. The summed E-state index contributed by atoms with van der Waals surface area (Å²) in [7, 11) is 0. The molecule has 0 unspecified atom stereocenters. The molecule has 0 amide bonds. The number of aliphatic hydroxyl groups is 2. The van der Waals surface area contributed by atoms with Crippen molar-refractivity contribution < 1.29 is 10.2 Å². The number of nitrogens with zero attached hydrogens (tertiary/aromatic N) is 1. The number of rotatable bonds is 6. The van der Waals surface area contributed by atoms with Gasteiger partial charge in [-0.05, 0) is 24.6 Å². The lowest BCUT2D eigenvalue weighted by Gasteiger charge is -2.25. The predicted molar refractivity (Wildman–Crippen MR) is 69.7 cm³/mol. The molecular formula is C12H18BrNO2. The Balaban J connectivity index is 2.97. The Morgan fingerprint density at radius 1 is 1.25 bits per heavy atom. The van der Waals surface area contributed by atoms with E-state index in [1.807, 2.05) is 18.2 Å². The molecule has 0 bridgehead atoms. The van der Waals surface area contributed by atoms with E-state index in [-0.39, 0.29) is 13.2 Å². The summed E-state index contributed by atoms with van der Waals surface area (Å²) < 4.78 is 0.959. The summed E-state index contributed by atoms with van der Waals surface area (Å²) in [5, 5.41) is 18.3. The fourth-order valence-corrected chi connectivity index (χ4v) is 2.14. The van der Waals surface area contributed by atoms with Crippen molar-refractivity contribution in [1.29, 1.82) is 0 Å². The molecule has 4 heteroatoms. The molecule has 0 aliphatic carbocycles. The highest BCUT2D eigenvalue weighted by molar-refractivity contribution is 9.10. The molecule has 0 saturated carbocycles. The van der Waals surface area contributed by atoms with Crippen LogP contribution >= 0.6 is 15.9 Å². The first-order valence-corrected chi connectivity index (χ1v) is 6.27. The van der Waals surface area contributed by atoms with Crippen LogP contribution < -0.4 is 4.90 Å². The summed E-state index contributed by atoms with van der Waals surface area (Å²) in [5.41, 5.74) is 1.89. The molecule has 3 nitrogen and oxygen atoms in total. The molecular weight excluding hydrogens is 270 g/mol. The van der Waals surface area contributed by atoms with Gasteiger partial charge in [-0.25, -0.2) is 0 Å². The van der Waals surface area contributed by atoms with Gasteiger partial charge in [0.25, 0.3) is 0 Å². The molecule has 2 N–H and O–H groups in total. The summed E-state index contributed by atoms with van der Waals surface area (Å²) in [6.45, 7) is 3.72. The van der Waals surface area contributed by atoms with Gasteiger partial charge in [-0.3, -0.25) is 0 Å². The van der Waals surface area contributed by atoms with Crippen LogP contribution in [0.3, 0.4) is 0 Å². The van der Waals surface area contributed by atoms with Crippen molar-refractivity contribution in [2.75, 3.05) is 24.6 Å². The second kappa shape index (κ2) is 6.89. The van der Waals surface area contributed by atoms with Crippen molar-refractivity contribution in [3.63, 3.8) is 0 Å². The molecule has 0 atom stereocenters. The maximum Gasteiger partial charge on any atom is 0.0702 e. The van der Waals surface area contributed by atoms with Crippen LogP contribution in [-0.2, 0) is 6.61 Å². The average Bonchev–Trinajstić information content (AvgIpc) is 2.28. The molecule has 16 heavy (non-hydrogen) atoms. The van der Waals surface area contributed by atoms with Gasteiger partial charge in [-0.2, -0.15) is 0 Å². The largest absolute Gasteiger partial charge is 0.395 e. The fourth-order valence-electron chi connectivity index (χ4n) is 1.73. The van der Waals surface area contributed by atoms with Crippen LogP contribution in [0.1, 0.15) is 18.9 Å². The molecule has 0 aliphatic rings. The smallest absolute Gasteiger partial charge is 0.0702 e. The standard InChI is InChI=1S/C12H18BrNO2/c1-2-5-14(6-7-15)12-4-3-11(13)8-10(12)9-16/h3-4,8,15-16H,2,5-7,9H2,1H3. The van der Waals surface area contributed by atoms with E-state index in [4.69, 9.17) is 5.11 Å². The van der Waals surface area contributed by atoms with E-state index >= 15 is 0 Å². The van der Waals surface area contributed by atoms with E-state index in [9.17, 15) is 5.11 Å². The number of anilines is 1. The van der Waals surface area contributed by atoms with Crippen LogP contribution in [-0.4, -0.2) is 29.9 Å². The Kier molecular flexibility index (Phi) is 5.80. The molecule has 0 heterocycles. The molecule has 90 valence electrons. The van der Waals surface area contributed by atoms with Crippen LogP contribution in [0.25, 0.3) is 0 Å². The van der Waals surface area contributed by atoms with Gasteiger partial charge in [-0.1, -0.05) is 22.9 Å². The second-order valence-corrected chi connectivity index (χ2v) is 4.56. The third-order valence-electron chi connectivity index (χ3n) is 2.42. The van der Waals surface area contributed by atoms with Crippen LogP contribution in [0.15, 0.2) is 22.7 Å². The van der Waals surface area contributed by atoms with Gasteiger partial charge in [-0.15, -0.1) is 0 Å². The topological polar surface area (TPSA) is 43.7 Å². The third-order valence-corrected chi connectivity index (χ3v) is 2.91. The number of aliphatic hydroxyl groups excluding tert-OH is 2. The predicted octanol–water partition coefficient (Wildman–Crippen LogP) is 2.15. The monoisotopic (exact) mass is 287 g/mol. The molecule has 1 aromatic carbocycles. The normalized spacial score (nSPS) is 10.5. The summed E-state index contributed by atoms with van der Waals surface area (Å²) in [6, 6.07) is 5.84. The van der Waals surface area contributed by atoms with Crippen molar-refractivity contribution in [2.24, 2.45) is 0 Å². The maximum absolute atomic E-state index is 9.32. The molecule has 0 fully saturated rings. The number of hydrogen-bond acceptors (Lipinski definition) is 3. The highest BCUT2D eigenvalue weighted by Gasteiger charge is 2.09. The zero-order valence-corrected chi connectivity index (χ0v) is 11.1. The summed E-state index contributed by atoms with van der Waals surface area (Å²) in [6.07, 6.45) is 1.01. The van der Waals surface area contributed by atoms with Crippen LogP contribution in [0.5, 0.6) is 0 Å². The first-order valence-electron chi connectivity index (χ1n) is 5.48. The van der Waals surface area contributed by atoms with Gasteiger partial charge in [0.15, 0.2) is 0 Å². The van der Waals surface area contributed by atoms with Crippen LogP contribution in [0.4, 0.5) is 5.69 Å². The van der Waals surface area contributed by atoms with Gasteiger partial charge in [0.2, 0.25) is 0 Å². The van der Waals surface area contributed by atoms with Gasteiger partial charge < -0.3 is 15.1 Å². The van der Waals surface area contributed by atoms with E-state index in [0.29, 0.717) is 6.54 Å². The zero-order chi connectivity index (χ0) is 12.0. The lowest BCUT2D eigenvalue weighted by Crippen LogP contribution is -2.28. The minimum Gasteiger partial charge on any atom is -0.395 e. The van der Waals surface area contributed by atoms with Crippen LogP contribution in [0.2, 0.25) is 0 Å². The first-order chi connectivity index (χ1) is 7.72. The van der Waals surface area contributed by atoms with Gasteiger partial charge >= 0.3 is 0 Å². The highest BCUT2D eigenvalue weighted by atomic mass is 79.9. The lowest BCUT2D eigenvalue weighted by atomic mass is 10.1. The first kappa shape index (κ1) is 13.5. The number of halogens is 1. The summed E-state index contributed by atoms with van der Waals surface area (Å²) in [5.74, 6) is 0. The van der Waals surface area contributed by atoms with E-state index in [1.165, 1.54) is 0 Å². The zero-order valence-electron chi connectivity index (χ0n) is 9.49. The second-order valence-electron chi connectivity index (χ2n) is 3.64. The quantitative estimate of drug-likeness (QED) is 0.843. The SMILES string of the molecule is CCCN(CCO)c1ccc(Br)cc1CO. The molecule has 0 saturated heterocycles. The fraction of sp³-hybridized carbons (Fsp3) is 0.500. The van der Waals surface area contributed by atoms with Gasteiger partial charge in [0.05, 0.1) is 13.2 Å². The Labute approximate surface area is 105 Å². The van der Waals surface area contributed by atoms with Crippen molar-refractivity contribution in [3.05, 3.63) is 28.2 Å². The lowest BCUT2D eigenvalue weighted by molar-refractivity contribution is 0.280. The minimum absolute atomic E-state index is 0.0143. The molecule has 1 aromatic rings. The van der Waals surface area contributed by atoms with Crippen molar-refractivity contribution in [1.82, 2.24) is 0 Å². The van der Waals surface area contributed by atoms with Crippen molar-refractivity contribution >= 4 is 21.6 Å². The van der Waals surface area contributed by atoms with Crippen molar-refractivity contribution in [2.45, 2.75) is 20.0 Å². The van der Waals surface area contributed by atoms with Gasteiger partial charge in [0, 0.05) is 28.8 Å². The highest BCUT2D eigenvalue weighted by Crippen LogP contribution is 2.24. The Bertz CT molecular complexity index is 325.